The molecule has 2 aromatic carbocycles. The number of fused-ring (bicyclic) bond motifs is 2. The number of aliphatic imine (C=N–C) groups is 1. The van der Waals surface area contributed by atoms with Gasteiger partial charge in [-0.2, -0.15) is 4.99 Å². The number of allylic oxidation sites excluding steroid dienone is 1. The Morgan fingerprint density at radius 3 is 2.76 bits per heavy atom. The molecule has 2 unspecified atom stereocenters. The predicted molar refractivity (Wildman–Crippen MR) is 120 cm³/mol. The van der Waals surface area contributed by atoms with Gasteiger partial charge in [-0.1, -0.05) is 19.4 Å². The molecule has 0 spiro atoms. The standard InChI is InChI=1S/C25H29FN3/c1-3-17-11-12-27-23-15-19(26)14-21(25(17)23)18-9-10-24-22(13-18)28-16-29(24,2)20-7-5-4-6-8-20/h9-17,20,27H,3-8H2,1-2H3/q+1. The van der Waals surface area contributed by atoms with Gasteiger partial charge in [0.25, 0.3) is 0 Å². The zero-order valence-electron chi connectivity index (χ0n) is 17.3. The second-order valence-corrected chi connectivity index (χ2v) is 8.82. The molecule has 0 bridgehead atoms. The van der Waals surface area contributed by atoms with Crippen LogP contribution in [0.5, 0.6) is 0 Å². The van der Waals surface area contributed by atoms with Crippen LogP contribution in [-0.2, 0) is 0 Å². The highest BCUT2D eigenvalue weighted by Gasteiger charge is 2.40. The molecule has 150 valence electrons. The van der Waals surface area contributed by atoms with E-state index in [2.05, 4.69) is 49.9 Å². The van der Waals surface area contributed by atoms with Crippen LogP contribution in [-0.4, -0.2) is 19.4 Å². The first-order valence-corrected chi connectivity index (χ1v) is 10.9. The van der Waals surface area contributed by atoms with Crippen LogP contribution in [0.25, 0.3) is 11.1 Å². The highest BCUT2D eigenvalue weighted by molar-refractivity contribution is 5.91. The van der Waals surface area contributed by atoms with Crippen molar-refractivity contribution in [3.63, 3.8) is 0 Å². The number of nitrogens with zero attached hydrogens (tertiary/aromatic N) is 2. The molecule has 2 atom stereocenters. The van der Waals surface area contributed by atoms with Gasteiger partial charge >= 0.3 is 0 Å². The molecule has 0 saturated heterocycles. The van der Waals surface area contributed by atoms with Crippen molar-refractivity contribution in [2.24, 2.45) is 4.99 Å². The van der Waals surface area contributed by atoms with Crippen molar-refractivity contribution >= 4 is 23.4 Å². The van der Waals surface area contributed by atoms with Gasteiger partial charge in [0.15, 0.2) is 12.0 Å². The lowest BCUT2D eigenvalue weighted by Gasteiger charge is -2.37. The highest BCUT2D eigenvalue weighted by atomic mass is 19.1. The lowest BCUT2D eigenvalue weighted by atomic mass is 9.85. The van der Waals surface area contributed by atoms with E-state index in [9.17, 15) is 4.39 Å². The maximum Gasteiger partial charge on any atom is 0.195 e. The number of halogens is 1. The van der Waals surface area contributed by atoms with E-state index < -0.39 is 0 Å². The number of rotatable bonds is 3. The Bertz CT molecular complexity index is 1000. The second kappa shape index (κ2) is 7.10. The fraction of sp³-hybridized carbons (Fsp3) is 0.400. The molecule has 0 aromatic heterocycles. The molecule has 29 heavy (non-hydrogen) atoms. The van der Waals surface area contributed by atoms with Crippen molar-refractivity contribution in [1.82, 2.24) is 4.48 Å². The van der Waals surface area contributed by atoms with Crippen LogP contribution in [0, 0.1) is 5.82 Å². The second-order valence-electron chi connectivity index (χ2n) is 8.82. The van der Waals surface area contributed by atoms with Gasteiger partial charge in [-0.05, 0) is 66.4 Å². The molecule has 1 fully saturated rings. The molecule has 1 N–H and O–H groups in total. The van der Waals surface area contributed by atoms with Gasteiger partial charge in [-0.3, -0.25) is 0 Å². The van der Waals surface area contributed by atoms with E-state index in [1.165, 1.54) is 43.4 Å². The quantitative estimate of drug-likeness (QED) is 0.568. The zero-order valence-corrected chi connectivity index (χ0v) is 17.3. The van der Waals surface area contributed by atoms with E-state index in [1.54, 1.807) is 12.1 Å². The van der Waals surface area contributed by atoms with E-state index in [0.717, 1.165) is 33.4 Å². The molecular weight excluding hydrogens is 361 g/mol. The summed E-state index contributed by atoms with van der Waals surface area (Å²) in [5.41, 5.74) is 6.38. The third-order valence-corrected chi connectivity index (χ3v) is 7.10. The van der Waals surface area contributed by atoms with Crippen LogP contribution in [0.3, 0.4) is 0 Å². The number of hydrogen-bond acceptors (Lipinski definition) is 2. The maximum absolute atomic E-state index is 14.4. The molecule has 1 aliphatic carbocycles. The largest absolute Gasteiger partial charge is 0.362 e. The topological polar surface area (TPSA) is 24.4 Å². The van der Waals surface area contributed by atoms with E-state index in [0.29, 0.717) is 12.0 Å². The first kappa shape index (κ1) is 18.6. The minimum Gasteiger partial charge on any atom is -0.362 e. The summed E-state index contributed by atoms with van der Waals surface area (Å²) in [6, 6.07) is 10.4. The average molecular weight is 391 g/mol. The summed E-state index contributed by atoms with van der Waals surface area (Å²) in [6.45, 7) is 2.18. The fourth-order valence-electron chi connectivity index (χ4n) is 5.42. The van der Waals surface area contributed by atoms with Gasteiger partial charge < -0.3 is 5.32 Å². The molecule has 1 saturated carbocycles. The van der Waals surface area contributed by atoms with Gasteiger partial charge in [-0.15, -0.1) is 0 Å². The molecule has 2 aromatic rings. The predicted octanol–water partition coefficient (Wildman–Crippen LogP) is 6.87. The lowest BCUT2D eigenvalue weighted by molar-refractivity contribution is 0.286. The van der Waals surface area contributed by atoms with Gasteiger partial charge in [-0.25, -0.2) is 8.87 Å². The van der Waals surface area contributed by atoms with Gasteiger partial charge in [0, 0.05) is 30.5 Å². The first-order chi connectivity index (χ1) is 14.1. The summed E-state index contributed by atoms with van der Waals surface area (Å²) in [5, 5.41) is 3.23. The summed E-state index contributed by atoms with van der Waals surface area (Å²) in [5.74, 6) is 0.0881. The first-order valence-electron chi connectivity index (χ1n) is 10.9. The van der Waals surface area contributed by atoms with E-state index in [1.807, 2.05) is 6.20 Å². The molecule has 3 aliphatic rings. The average Bonchev–Trinajstić information content (AvgIpc) is 3.10. The number of benzene rings is 2. The van der Waals surface area contributed by atoms with Gasteiger partial charge in [0.05, 0.1) is 13.1 Å². The summed E-state index contributed by atoms with van der Waals surface area (Å²) < 4.78 is 15.2. The Kier molecular flexibility index (Phi) is 4.54. The monoisotopic (exact) mass is 390 g/mol. The molecule has 2 aliphatic heterocycles. The van der Waals surface area contributed by atoms with Crippen molar-refractivity contribution in [3.8, 4) is 11.1 Å². The molecule has 5 rings (SSSR count). The van der Waals surface area contributed by atoms with Crippen LogP contribution < -0.4 is 9.80 Å². The molecule has 3 nitrogen and oxygen atoms in total. The Labute approximate surface area is 172 Å². The fourth-order valence-corrected chi connectivity index (χ4v) is 5.42. The van der Waals surface area contributed by atoms with Crippen molar-refractivity contribution in [1.29, 1.82) is 0 Å². The molecule has 4 heteroatoms. The number of quaternary nitrogens is 1. The summed E-state index contributed by atoms with van der Waals surface area (Å²) in [6.07, 6.45) is 13.7. The smallest absolute Gasteiger partial charge is 0.195 e. The zero-order chi connectivity index (χ0) is 20.0. The Hall–Kier alpha value is -2.46. The Balaban J connectivity index is 1.58. The number of nitrogens with one attached hydrogen (secondary N) is 1. The lowest BCUT2D eigenvalue weighted by Crippen LogP contribution is -2.51. The van der Waals surface area contributed by atoms with Crippen LogP contribution in [0.1, 0.15) is 56.9 Å². The van der Waals surface area contributed by atoms with Crippen molar-refractivity contribution in [2.75, 3.05) is 12.4 Å². The van der Waals surface area contributed by atoms with E-state index in [-0.39, 0.29) is 5.82 Å². The normalized spacial score (nSPS) is 25.6. The minimum atomic E-state index is -0.205. The van der Waals surface area contributed by atoms with E-state index >= 15 is 0 Å². The summed E-state index contributed by atoms with van der Waals surface area (Å²) in [4.78, 5) is 4.81. The van der Waals surface area contributed by atoms with E-state index in [4.69, 9.17) is 4.99 Å². The third-order valence-electron chi connectivity index (χ3n) is 7.10. The Morgan fingerprint density at radius 2 is 1.97 bits per heavy atom. The van der Waals surface area contributed by atoms with Gasteiger partial charge in [0.1, 0.15) is 11.5 Å². The van der Waals surface area contributed by atoms with Crippen molar-refractivity contribution < 1.29 is 4.39 Å². The summed E-state index contributed by atoms with van der Waals surface area (Å²) in [7, 11) is 2.29. The van der Waals surface area contributed by atoms with Crippen LogP contribution in [0.15, 0.2) is 47.6 Å². The molecule has 0 amide bonds. The molecular formula is C25H29FN3+. The third kappa shape index (κ3) is 3.01. The minimum absolute atomic E-state index is 0.205. The van der Waals surface area contributed by atoms with Crippen LogP contribution in [0.2, 0.25) is 0 Å². The van der Waals surface area contributed by atoms with Crippen molar-refractivity contribution in [2.45, 2.75) is 57.4 Å². The molecule has 0 radical (unpaired) electrons. The van der Waals surface area contributed by atoms with Crippen molar-refractivity contribution in [3.05, 3.63) is 54.0 Å². The summed E-state index contributed by atoms with van der Waals surface area (Å²) >= 11 is 0. The molecule has 2 heterocycles. The van der Waals surface area contributed by atoms with Crippen LogP contribution in [0.4, 0.5) is 21.5 Å². The maximum atomic E-state index is 14.4. The van der Waals surface area contributed by atoms with Crippen LogP contribution >= 0.6 is 0 Å². The number of hydrogen-bond donors (Lipinski definition) is 1. The Morgan fingerprint density at radius 1 is 1.14 bits per heavy atom. The van der Waals surface area contributed by atoms with Gasteiger partial charge in [0.2, 0.25) is 0 Å². The number of anilines is 1. The SMILES string of the molecule is CCC1C=CNc2cc(F)cc(-c3ccc4c(c3)N=C[N+]4(C)C3CCCCC3)c21. The highest BCUT2D eigenvalue weighted by Crippen LogP contribution is 2.46.